The Labute approximate surface area is 135 Å². The third-order valence-electron chi connectivity index (χ3n) is 5.05. The predicted octanol–water partition coefficient (Wildman–Crippen LogP) is 2.94. The standard InChI is InChI=1S/C17H14N2O3S/c1-18-11-5-4-10(7-12(11)23-17(18)22)19-15(20)13-8-2-3-9(6-8)14(13)16(19)21/h2-5,7-9,20-21H,6H2,1H3/t8-,9+. The summed E-state index contributed by atoms with van der Waals surface area (Å²) in [6, 6.07) is 5.50. The molecule has 0 aliphatic heterocycles. The van der Waals surface area contributed by atoms with Gasteiger partial charge in [-0.25, -0.2) is 0 Å². The molecule has 2 heterocycles. The molecular weight excluding hydrogens is 312 g/mol. The lowest BCUT2D eigenvalue weighted by molar-refractivity contribution is 0.395. The van der Waals surface area contributed by atoms with E-state index in [0.717, 1.165) is 39.1 Å². The number of aromatic nitrogens is 2. The lowest BCUT2D eigenvalue weighted by Gasteiger charge is -2.10. The lowest BCUT2D eigenvalue weighted by Crippen LogP contribution is -2.06. The van der Waals surface area contributed by atoms with E-state index < -0.39 is 0 Å². The Morgan fingerprint density at radius 1 is 1.13 bits per heavy atom. The molecule has 0 spiro atoms. The first-order valence-electron chi connectivity index (χ1n) is 7.51. The van der Waals surface area contributed by atoms with Gasteiger partial charge < -0.3 is 14.8 Å². The molecule has 116 valence electrons. The third kappa shape index (κ3) is 1.49. The summed E-state index contributed by atoms with van der Waals surface area (Å²) in [5, 5.41) is 21.3. The fourth-order valence-corrected chi connectivity index (χ4v) is 4.86. The average Bonchev–Trinajstić information content (AvgIpc) is 3.25. The summed E-state index contributed by atoms with van der Waals surface area (Å²) >= 11 is 1.16. The number of benzene rings is 1. The van der Waals surface area contributed by atoms with Crippen molar-refractivity contribution in [3.05, 3.63) is 51.1 Å². The fourth-order valence-electron chi connectivity index (χ4n) is 3.95. The van der Waals surface area contributed by atoms with Gasteiger partial charge in [0.1, 0.15) is 0 Å². The molecule has 1 aromatic carbocycles. The van der Waals surface area contributed by atoms with Gasteiger partial charge in [0.25, 0.3) is 0 Å². The highest BCUT2D eigenvalue weighted by atomic mass is 32.1. The SMILES string of the molecule is Cn1c(=O)sc2cc(-n3c(O)c4c(c3O)[C@H]3C=C[C@@H]4C3)ccc21. The first-order chi connectivity index (χ1) is 11.1. The normalized spacial score (nSPS) is 21.4. The van der Waals surface area contributed by atoms with Crippen molar-refractivity contribution in [2.24, 2.45) is 7.05 Å². The van der Waals surface area contributed by atoms with Crippen LogP contribution in [0.25, 0.3) is 15.9 Å². The molecule has 2 aromatic heterocycles. The third-order valence-corrected chi connectivity index (χ3v) is 6.05. The number of nitrogens with zero attached hydrogens (tertiary/aromatic N) is 2. The van der Waals surface area contributed by atoms with E-state index in [2.05, 4.69) is 12.2 Å². The second-order valence-electron chi connectivity index (χ2n) is 6.22. The molecule has 5 nitrogen and oxygen atoms in total. The fraction of sp³-hybridized carbons (Fsp3) is 0.235. The minimum atomic E-state index is -0.0251. The first-order valence-corrected chi connectivity index (χ1v) is 8.32. The second kappa shape index (κ2) is 4.08. The van der Waals surface area contributed by atoms with Crippen molar-refractivity contribution < 1.29 is 10.2 Å². The van der Waals surface area contributed by atoms with Crippen LogP contribution in [0.3, 0.4) is 0 Å². The number of fused-ring (bicyclic) bond motifs is 6. The van der Waals surface area contributed by atoms with Gasteiger partial charge in [-0.1, -0.05) is 23.5 Å². The molecule has 0 unspecified atom stereocenters. The van der Waals surface area contributed by atoms with Crippen molar-refractivity contribution in [3.63, 3.8) is 0 Å². The van der Waals surface area contributed by atoms with Crippen molar-refractivity contribution >= 4 is 21.6 Å². The summed E-state index contributed by atoms with van der Waals surface area (Å²) in [6.07, 6.45) is 5.14. The first kappa shape index (κ1) is 13.0. The Morgan fingerprint density at radius 3 is 2.43 bits per heavy atom. The van der Waals surface area contributed by atoms with Crippen molar-refractivity contribution in [1.29, 1.82) is 0 Å². The van der Waals surface area contributed by atoms with Crippen LogP contribution in [0.15, 0.2) is 35.1 Å². The van der Waals surface area contributed by atoms with Crippen molar-refractivity contribution in [2.75, 3.05) is 0 Å². The molecule has 6 heteroatoms. The predicted molar refractivity (Wildman–Crippen MR) is 89.0 cm³/mol. The van der Waals surface area contributed by atoms with Crippen LogP contribution >= 0.6 is 11.3 Å². The van der Waals surface area contributed by atoms with Gasteiger partial charge in [-0.3, -0.25) is 9.36 Å². The van der Waals surface area contributed by atoms with Crippen molar-refractivity contribution in [3.8, 4) is 17.4 Å². The number of rotatable bonds is 1. The van der Waals surface area contributed by atoms with Gasteiger partial charge in [0.05, 0.1) is 15.9 Å². The highest BCUT2D eigenvalue weighted by molar-refractivity contribution is 7.16. The van der Waals surface area contributed by atoms with E-state index in [0.29, 0.717) is 5.69 Å². The van der Waals surface area contributed by atoms with Crippen LogP contribution in [-0.4, -0.2) is 19.3 Å². The molecule has 3 aromatic rings. The van der Waals surface area contributed by atoms with E-state index in [1.807, 2.05) is 18.2 Å². The molecular formula is C17H14N2O3S. The molecule has 2 bridgehead atoms. The molecule has 0 saturated carbocycles. The highest BCUT2D eigenvalue weighted by Gasteiger charge is 2.41. The summed E-state index contributed by atoms with van der Waals surface area (Å²) in [5.74, 6) is 0.603. The molecule has 23 heavy (non-hydrogen) atoms. The van der Waals surface area contributed by atoms with Gasteiger partial charge in [0, 0.05) is 30.0 Å². The molecule has 2 aliphatic carbocycles. The maximum absolute atomic E-state index is 11.8. The second-order valence-corrected chi connectivity index (χ2v) is 7.22. The highest BCUT2D eigenvalue weighted by Crippen LogP contribution is 2.57. The number of hydrogen-bond acceptors (Lipinski definition) is 4. The smallest absolute Gasteiger partial charge is 0.307 e. The Kier molecular flexibility index (Phi) is 2.31. The van der Waals surface area contributed by atoms with Crippen molar-refractivity contribution in [1.82, 2.24) is 9.13 Å². The van der Waals surface area contributed by atoms with Gasteiger partial charge in [0.15, 0.2) is 0 Å². The Morgan fingerprint density at radius 2 is 1.78 bits per heavy atom. The zero-order valence-electron chi connectivity index (χ0n) is 12.4. The number of aryl methyl sites for hydroxylation is 1. The largest absolute Gasteiger partial charge is 0.494 e. The monoisotopic (exact) mass is 326 g/mol. The van der Waals surface area contributed by atoms with E-state index in [1.165, 1.54) is 4.57 Å². The Balaban J connectivity index is 1.76. The topological polar surface area (TPSA) is 67.4 Å². The van der Waals surface area contributed by atoms with Crippen LogP contribution < -0.4 is 4.87 Å². The van der Waals surface area contributed by atoms with Crippen LogP contribution in [0.2, 0.25) is 0 Å². The number of aromatic hydroxyl groups is 2. The van der Waals surface area contributed by atoms with E-state index in [1.54, 1.807) is 11.6 Å². The number of hydrogen-bond donors (Lipinski definition) is 2. The minimum Gasteiger partial charge on any atom is -0.494 e. The maximum Gasteiger partial charge on any atom is 0.307 e. The van der Waals surface area contributed by atoms with E-state index in [9.17, 15) is 15.0 Å². The van der Waals surface area contributed by atoms with E-state index in [4.69, 9.17) is 0 Å². The van der Waals surface area contributed by atoms with Crippen LogP contribution in [0.4, 0.5) is 0 Å². The number of thiazole rings is 1. The molecule has 0 fully saturated rings. The van der Waals surface area contributed by atoms with E-state index in [-0.39, 0.29) is 28.5 Å². The maximum atomic E-state index is 11.8. The molecule has 2 N–H and O–H groups in total. The van der Waals surface area contributed by atoms with Crippen LogP contribution in [0.1, 0.15) is 29.4 Å². The minimum absolute atomic E-state index is 0.0251. The number of allylic oxidation sites excluding steroid dienone is 2. The summed E-state index contributed by atoms with van der Waals surface area (Å²) in [5.41, 5.74) is 3.21. The zero-order valence-corrected chi connectivity index (χ0v) is 13.2. The average molecular weight is 326 g/mol. The summed E-state index contributed by atoms with van der Waals surface area (Å²) in [4.78, 5) is 11.8. The molecule has 0 saturated heterocycles. The molecule has 0 radical (unpaired) electrons. The molecule has 5 rings (SSSR count). The van der Waals surface area contributed by atoms with Crippen LogP contribution in [-0.2, 0) is 7.05 Å². The molecule has 0 amide bonds. The van der Waals surface area contributed by atoms with Crippen LogP contribution in [0.5, 0.6) is 11.8 Å². The lowest BCUT2D eigenvalue weighted by atomic mass is 10.0. The van der Waals surface area contributed by atoms with Gasteiger partial charge in [-0.15, -0.1) is 0 Å². The Hall–Kier alpha value is -2.47. The quantitative estimate of drug-likeness (QED) is 0.676. The summed E-state index contributed by atoms with van der Waals surface area (Å²) < 4.78 is 3.92. The van der Waals surface area contributed by atoms with Gasteiger partial charge >= 0.3 is 4.87 Å². The van der Waals surface area contributed by atoms with Crippen molar-refractivity contribution in [2.45, 2.75) is 18.3 Å². The van der Waals surface area contributed by atoms with Gasteiger partial charge in [-0.05, 0) is 24.6 Å². The molecule has 2 aliphatic rings. The summed E-state index contributed by atoms with van der Waals surface area (Å²) in [7, 11) is 1.74. The molecule has 2 atom stereocenters. The zero-order chi connectivity index (χ0) is 15.9. The summed E-state index contributed by atoms with van der Waals surface area (Å²) in [6.45, 7) is 0. The van der Waals surface area contributed by atoms with Crippen LogP contribution in [0, 0.1) is 0 Å². The van der Waals surface area contributed by atoms with Gasteiger partial charge in [0.2, 0.25) is 11.8 Å². The van der Waals surface area contributed by atoms with E-state index >= 15 is 0 Å². The van der Waals surface area contributed by atoms with Gasteiger partial charge in [-0.2, -0.15) is 0 Å². The Bertz CT molecular complexity index is 1030.